The molecule has 20 heavy (non-hydrogen) atoms. The lowest BCUT2D eigenvalue weighted by atomic mass is 10.0. The number of hydrogen-bond donors (Lipinski definition) is 1. The molecule has 1 aliphatic heterocycles. The third kappa shape index (κ3) is 5.56. The Kier molecular flexibility index (Phi) is 6.97. The zero-order valence-electron chi connectivity index (χ0n) is 12.4. The van der Waals surface area contributed by atoms with Crippen LogP contribution < -0.4 is 5.32 Å². The van der Waals surface area contributed by atoms with Gasteiger partial charge in [0.05, 0.1) is 18.8 Å². The lowest BCUT2D eigenvalue weighted by Crippen LogP contribution is -2.21. The SMILES string of the molecule is CCCNCc1cn(CCOCC2CCOCC2)nn1. The maximum Gasteiger partial charge on any atom is 0.0964 e. The van der Waals surface area contributed by atoms with Gasteiger partial charge in [-0.3, -0.25) is 0 Å². The lowest BCUT2D eigenvalue weighted by Gasteiger charge is -2.21. The second-order valence-electron chi connectivity index (χ2n) is 5.28. The van der Waals surface area contributed by atoms with Crippen LogP contribution in [0.15, 0.2) is 6.20 Å². The van der Waals surface area contributed by atoms with Gasteiger partial charge < -0.3 is 14.8 Å². The molecule has 0 bridgehead atoms. The molecule has 0 amide bonds. The molecule has 2 rings (SSSR count). The Hall–Kier alpha value is -0.980. The highest BCUT2D eigenvalue weighted by atomic mass is 16.5. The highest BCUT2D eigenvalue weighted by molar-refractivity contribution is 4.91. The van der Waals surface area contributed by atoms with Crippen molar-refractivity contribution in [1.82, 2.24) is 20.3 Å². The van der Waals surface area contributed by atoms with E-state index in [-0.39, 0.29) is 0 Å². The second kappa shape index (κ2) is 9.05. The Morgan fingerprint density at radius 2 is 2.30 bits per heavy atom. The van der Waals surface area contributed by atoms with E-state index in [1.54, 1.807) is 0 Å². The van der Waals surface area contributed by atoms with E-state index in [4.69, 9.17) is 9.47 Å². The summed E-state index contributed by atoms with van der Waals surface area (Å²) in [5, 5.41) is 11.6. The monoisotopic (exact) mass is 282 g/mol. The molecule has 0 saturated carbocycles. The summed E-state index contributed by atoms with van der Waals surface area (Å²) < 4.78 is 12.9. The summed E-state index contributed by atoms with van der Waals surface area (Å²) in [7, 11) is 0. The average molecular weight is 282 g/mol. The van der Waals surface area contributed by atoms with E-state index in [0.29, 0.717) is 12.5 Å². The van der Waals surface area contributed by atoms with Crippen molar-refractivity contribution < 1.29 is 9.47 Å². The van der Waals surface area contributed by atoms with Crippen molar-refractivity contribution in [1.29, 1.82) is 0 Å². The zero-order chi connectivity index (χ0) is 14.0. The van der Waals surface area contributed by atoms with Crippen LogP contribution in [-0.4, -0.2) is 48.0 Å². The number of nitrogens with one attached hydrogen (secondary N) is 1. The molecule has 1 aliphatic rings. The Labute approximate surface area is 120 Å². The van der Waals surface area contributed by atoms with Crippen LogP contribution in [0, 0.1) is 5.92 Å². The zero-order valence-corrected chi connectivity index (χ0v) is 12.4. The second-order valence-corrected chi connectivity index (χ2v) is 5.28. The molecule has 2 heterocycles. The van der Waals surface area contributed by atoms with E-state index in [1.165, 1.54) is 0 Å². The van der Waals surface area contributed by atoms with Gasteiger partial charge in [0.25, 0.3) is 0 Å². The van der Waals surface area contributed by atoms with Crippen molar-refractivity contribution in [3.8, 4) is 0 Å². The third-order valence-corrected chi connectivity index (χ3v) is 3.48. The fraction of sp³-hybridized carbons (Fsp3) is 0.857. The minimum atomic E-state index is 0.660. The van der Waals surface area contributed by atoms with Crippen molar-refractivity contribution >= 4 is 0 Å². The molecule has 1 aromatic heterocycles. The van der Waals surface area contributed by atoms with Gasteiger partial charge in [-0.1, -0.05) is 12.1 Å². The first-order valence-corrected chi connectivity index (χ1v) is 7.63. The number of rotatable bonds is 9. The van der Waals surface area contributed by atoms with Gasteiger partial charge in [-0.25, -0.2) is 4.68 Å². The first kappa shape index (κ1) is 15.4. The normalized spacial score (nSPS) is 16.6. The molecule has 0 atom stereocenters. The molecular formula is C14H26N4O2. The van der Waals surface area contributed by atoms with Gasteiger partial charge in [-0.05, 0) is 31.7 Å². The lowest BCUT2D eigenvalue weighted by molar-refractivity contribution is 0.0183. The van der Waals surface area contributed by atoms with Gasteiger partial charge in [0, 0.05) is 32.6 Å². The van der Waals surface area contributed by atoms with Gasteiger partial charge >= 0.3 is 0 Å². The molecule has 0 radical (unpaired) electrons. The average Bonchev–Trinajstić information content (AvgIpc) is 2.93. The Morgan fingerprint density at radius 1 is 1.45 bits per heavy atom. The maximum atomic E-state index is 5.73. The Morgan fingerprint density at radius 3 is 3.10 bits per heavy atom. The molecule has 0 aromatic carbocycles. The van der Waals surface area contributed by atoms with E-state index in [1.807, 2.05) is 10.9 Å². The smallest absolute Gasteiger partial charge is 0.0964 e. The quantitative estimate of drug-likeness (QED) is 0.690. The molecule has 1 N–H and O–H groups in total. The van der Waals surface area contributed by atoms with Crippen LogP contribution in [0.3, 0.4) is 0 Å². The molecule has 6 heteroatoms. The van der Waals surface area contributed by atoms with Crippen LogP contribution in [0.2, 0.25) is 0 Å². The molecule has 0 unspecified atom stereocenters. The minimum absolute atomic E-state index is 0.660. The molecule has 1 aromatic rings. The van der Waals surface area contributed by atoms with E-state index >= 15 is 0 Å². The number of ether oxygens (including phenoxy) is 2. The first-order valence-electron chi connectivity index (χ1n) is 7.63. The number of aromatic nitrogens is 3. The standard InChI is InChI=1S/C14H26N4O2/c1-2-5-15-10-14-11-18(17-16-14)6-9-20-12-13-3-7-19-8-4-13/h11,13,15H,2-10,12H2,1H3. The number of hydrogen-bond acceptors (Lipinski definition) is 5. The van der Waals surface area contributed by atoms with Gasteiger partial charge in [0.2, 0.25) is 0 Å². The maximum absolute atomic E-state index is 5.73. The van der Waals surface area contributed by atoms with E-state index < -0.39 is 0 Å². The van der Waals surface area contributed by atoms with E-state index in [2.05, 4.69) is 22.6 Å². The number of nitrogens with zero attached hydrogens (tertiary/aromatic N) is 3. The van der Waals surface area contributed by atoms with Gasteiger partial charge in [-0.15, -0.1) is 5.10 Å². The summed E-state index contributed by atoms with van der Waals surface area (Å²) in [6.07, 6.45) is 5.36. The molecular weight excluding hydrogens is 256 g/mol. The van der Waals surface area contributed by atoms with Crippen LogP contribution in [-0.2, 0) is 22.6 Å². The summed E-state index contributed by atoms with van der Waals surface area (Å²) in [5.41, 5.74) is 0.989. The molecule has 1 saturated heterocycles. The van der Waals surface area contributed by atoms with Crippen LogP contribution in [0.1, 0.15) is 31.9 Å². The van der Waals surface area contributed by atoms with Crippen molar-refractivity contribution in [2.24, 2.45) is 5.92 Å². The van der Waals surface area contributed by atoms with Gasteiger partial charge in [0.15, 0.2) is 0 Å². The molecule has 0 spiro atoms. The van der Waals surface area contributed by atoms with Crippen molar-refractivity contribution in [2.45, 2.75) is 39.3 Å². The van der Waals surface area contributed by atoms with E-state index in [9.17, 15) is 0 Å². The van der Waals surface area contributed by atoms with Crippen LogP contribution in [0.25, 0.3) is 0 Å². The summed E-state index contributed by atoms with van der Waals surface area (Å²) in [4.78, 5) is 0. The Balaban J connectivity index is 1.56. The van der Waals surface area contributed by atoms with Crippen molar-refractivity contribution in [3.05, 3.63) is 11.9 Å². The molecule has 114 valence electrons. The summed E-state index contributed by atoms with van der Waals surface area (Å²) in [5.74, 6) is 0.660. The largest absolute Gasteiger partial charge is 0.381 e. The predicted octanol–water partition coefficient (Wildman–Crippen LogP) is 1.22. The van der Waals surface area contributed by atoms with Gasteiger partial charge in [0.1, 0.15) is 0 Å². The Bertz CT molecular complexity index is 364. The fourth-order valence-corrected chi connectivity index (χ4v) is 2.24. The highest BCUT2D eigenvalue weighted by Crippen LogP contribution is 2.14. The summed E-state index contributed by atoms with van der Waals surface area (Å²) in [6.45, 7) is 8.02. The predicted molar refractivity (Wildman–Crippen MR) is 76.4 cm³/mol. The van der Waals surface area contributed by atoms with Crippen LogP contribution >= 0.6 is 0 Å². The van der Waals surface area contributed by atoms with Gasteiger partial charge in [-0.2, -0.15) is 0 Å². The molecule has 1 fully saturated rings. The minimum Gasteiger partial charge on any atom is -0.381 e. The molecule has 0 aliphatic carbocycles. The fourth-order valence-electron chi connectivity index (χ4n) is 2.24. The van der Waals surface area contributed by atoms with Crippen molar-refractivity contribution in [3.63, 3.8) is 0 Å². The van der Waals surface area contributed by atoms with Crippen LogP contribution in [0.4, 0.5) is 0 Å². The first-order chi connectivity index (χ1) is 9.88. The van der Waals surface area contributed by atoms with Crippen LogP contribution in [0.5, 0.6) is 0 Å². The summed E-state index contributed by atoms with van der Waals surface area (Å²) in [6, 6.07) is 0. The van der Waals surface area contributed by atoms with E-state index in [0.717, 1.165) is 64.4 Å². The summed E-state index contributed by atoms with van der Waals surface area (Å²) >= 11 is 0. The highest BCUT2D eigenvalue weighted by Gasteiger charge is 2.13. The van der Waals surface area contributed by atoms with Crippen molar-refractivity contribution in [2.75, 3.05) is 33.0 Å². The molecule has 6 nitrogen and oxygen atoms in total. The topological polar surface area (TPSA) is 61.2 Å². The third-order valence-electron chi connectivity index (χ3n) is 3.48.